The first-order valence-corrected chi connectivity index (χ1v) is 8.09. The maximum Gasteiger partial charge on any atom is 0.333 e. The van der Waals surface area contributed by atoms with Crippen molar-refractivity contribution >= 4 is 23.8 Å². The Morgan fingerprint density at radius 1 is 1.29 bits per heavy atom. The third-order valence-electron chi connectivity index (χ3n) is 3.10. The van der Waals surface area contributed by atoms with Crippen molar-refractivity contribution in [3.63, 3.8) is 0 Å². The van der Waals surface area contributed by atoms with Crippen molar-refractivity contribution in [2.75, 3.05) is 18.1 Å². The van der Waals surface area contributed by atoms with E-state index in [1.165, 1.54) is 6.92 Å². The van der Waals surface area contributed by atoms with E-state index < -0.39 is 17.5 Å². The Bertz CT molecular complexity index is 467. The van der Waals surface area contributed by atoms with Crippen LogP contribution >= 0.6 is 11.8 Å². The first-order valence-electron chi connectivity index (χ1n) is 6.93. The van der Waals surface area contributed by atoms with Crippen LogP contribution in [0.1, 0.15) is 25.8 Å². The van der Waals surface area contributed by atoms with Crippen molar-refractivity contribution in [3.05, 3.63) is 35.9 Å². The number of nitrogens with one attached hydrogen (secondary N) is 2. The lowest BCUT2D eigenvalue weighted by Crippen LogP contribution is -2.53. The molecule has 0 radical (unpaired) electrons. The van der Waals surface area contributed by atoms with Crippen LogP contribution in [0.2, 0.25) is 0 Å². The lowest BCUT2D eigenvalue weighted by molar-refractivity contribution is -0.144. The monoisotopic (exact) mass is 310 g/mol. The van der Waals surface area contributed by atoms with Gasteiger partial charge >= 0.3 is 12.0 Å². The second kappa shape index (κ2) is 8.56. The first-order chi connectivity index (χ1) is 10.0. The molecular formula is C15H22N2O3S. The fourth-order valence-electron chi connectivity index (χ4n) is 1.81. The second-order valence-corrected chi connectivity index (χ2v) is 6.12. The smallest absolute Gasteiger partial charge is 0.333 e. The van der Waals surface area contributed by atoms with E-state index in [-0.39, 0.29) is 0 Å². The molecule has 0 heterocycles. The summed E-state index contributed by atoms with van der Waals surface area (Å²) in [4.78, 5) is 23.4. The van der Waals surface area contributed by atoms with Gasteiger partial charge < -0.3 is 15.7 Å². The van der Waals surface area contributed by atoms with Gasteiger partial charge in [-0.15, -0.1) is 0 Å². The Balaban J connectivity index is 2.59. The van der Waals surface area contributed by atoms with Crippen molar-refractivity contribution < 1.29 is 14.7 Å². The SMILES string of the molecule is CCSCCCNC(=O)NC(C)(C(=O)O)c1ccccc1. The molecule has 1 atom stereocenters. The molecule has 0 saturated carbocycles. The van der Waals surface area contributed by atoms with E-state index in [0.29, 0.717) is 12.1 Å². The number of urea groups is 1. The summed E-state index contributed by atoms with van der Waals surface area (Å²) < 4.78 is 0. The number of rotatable bonds is 8. The number of thioether (sulfide) groups is 1. The number of amides is 2. The van der Waals surface area contributed by atoms with Gasteiger partial charge in [0.05, 0.1) is 0 Å². The molecule has 0 bridgehead atoms. The Morgan fingerprint density at radius 3 is 2.52 bits per heavy atom. The van der Waals surface area contributed by atoms with Crippen LogP contribution in [-0.4, -0.2) is 35.2 Å². The van der Waals surface area contributed by atoms with Gasteiger partial charge in [-0.1, -0.05) is 37.3 Å². The van der Waals surface area contributed by atoms with Gasteiger partial charge in [0.25, 0.3) is 0 Å². The van der Waals surface area contributed by atoms with Crippen molar-refractivity contribution in [1.29, 1.82) is 0 Å². The molecule has 1 unspecified atom stereocenters. The Kier molecular flexibility index (Phi) is 7.08. The molecule has 1 aromatic carbocycles. The summed E-state index contributed by atoms with van der Waals surface area (Å²) in [5.41, 5.74) is -0.905. The van der Waals surface area contributed by atoms with E-state index >= 15 is 0 Å². The lowest BCUT2D eigenvalue weighted by Gasteiger charge is -2.26. The van der Waals surface area contributed by atoms with Crippen LogP contribution in [0.25, 0.3) is 0 Å². The summed E-state index contributed by atoms with van der Waals surface area (Å²) in [7, 11) is 0. The van der Waals surface area contributed by atoms with Gasteiger partial charge in [-0.2, -0.15) is 11.8 Å². The number of carboxylic acid groups (broad SMARTS) is 1. The van der Waals surface area contributed by atoms with Crippen LogP contribution in [-0.2, 0) is 10.3 Å². The quantitative estimate of drug-likeness (QED) is 0.644. The molecule has 0 aromatic heterocycles. The van der Waals surface area contributed by atoms with E-state index in [1.807, 2.05) is 11.8 Å². The maximum absolute atomic E-state index is 11.9. The summed E-state index contributed by atoms with van der Waals surface area (Å²) in [6.07, 6.45) is 0.862. The average molecular weight is 310 g/mol. The fourth-order valence-corrected chi connectivity index (χ4v) is 2.45. The van der Waals surface area contributed by atoms with E-state index in [9.17, 15) is 14.7 Å². The largest absolute Gasteiger partial charge is 0.479 e. The van der Waals surface area contributed by atoms with Crippen LogP contribution in [0.4, 0.5) is 4.79 Å². The summed E-state index contributed by atoms with van der Waals surface area (Å²) >= 11 is 1.81. The number of hydrogen-bond donors (Lipinski definition) is 3. The second-order valence-electron chi connectivity index (χ2n) is 4.73. The maximum atomic E-state index is 11.9. The number of benzene rings is 1. The van der Waals surface area contributed by atoms with Crippen molar-refractivity contribution in [2.24, 2.45) is 0 Å². The van der Waals surface area contributed by atoms with E-state index in [2.05, 4.69) is 17.6 Å². The highest BCUT2D eigenvalue weighted by molar-refractivity contribution is 7.99. The molecule has 0 spiro atoms. The van der Waals surface area contributed by atoms with Gasteiger partial charge in [-0.05, 0) is 30.4 Å². The summed E-state index contributed by atoms with van der Waals surface area (Å²) in [5.74, 6) is 0.938. The number of aliphatic carboxylic acids is 1. The predicted molar refractivity (Wildman–Crippen MR) is 85.6 cm³/mol. The Morgan fingerprint density at radius 2 is 1.95 bits per heavy atom. The van der Waals surface area contributed by atoms with Crippen LogP contribution in [0, 0.1) is 0 Å². The van der Waals surface area contributed by atoms with Crippen LogP contribution in [0.3, 0.4) is 0 Å². The van der Waals surface area contributed by atoms with Crippen molar-refractivity contribution in [2.45, 2.75) is 25.8 Å². The molecule has 6 heteroatoms. The fraction of sp³-hybridized carbons (Fsp3) is 0.467. The van der Waals surface area contributed by atoms with E-state index in [4.69, 9.17) is 0 Å². The summed E-state index contributed by atoms with van der Waals surface area (Å²) in [6, 6.07) is 8.21. The zero-order chi connectivity index (χ0) is 15.7. The van der Waals surface area contributed by atoms with Gasteiger partial charge in [0.2, 0.25) is 0 Å². The van der Waals surface area contributed by atoms with Gasteiger partial charge in [-0.3, -0.25) is 0 Å². The number of carbonyl (C=O) groups is 2. The molecule has 116 valence electrons. The zero-order valence-electron chi connectivity index (χ0n) is 12.4. The molecule has 1 aromatic rings. The molecule has 2 amide bonds. The van der Waals surface area contributed by atoms with Crippen LogP contribution in [0.15, 0.2) is 30.3 Å². The van der Waals surface area contributed by atoms with Crippen LogP contribution < -0.4 is 10.6 Å². The van der Waals surface area contributed by atoms with E-state index in [1.54, 1.807) is 30.3 Å². The third kappa shape index (κ3) is 5.30. The van der Waals surface area contributed by atoms with Crippen molar-refractivity contribution in [1.82, 2.24) is 10.6 Å². The minimum absolute atomic E-state index is 0.467. The molecule has 0 aliphatic heterocycles. The number of carboxylic acids is 1. The molecule has 0 fully saturated rings. The van der Waals surface area contributed by atoms with Gasteiger partial charge in [0, 0.05) is 6.54 Å². The van der Waals surface area contributed by atoms with Gasteiger partial charge in [0.15, 0.2) is 5.54 Å². The Labute approximate surface area is 129 Å². The zero-order valence-corrected chi connectivity index (χ0v) is 13.2. The normalized spacial score (nSPS) is 13.2. The molecule has 0 aliphatic rings. The number of hydrogen-bond acceptors (Lipinski definition) is 3. The highest BCUT2D eigenvalue weighted by Crippen LogP contribution is 2.20. The standard InChI is InChI=1S/C15H22N2O3S/c1-3-21-11-7-10-16-14(20)17-15(2,13(18)19)12-8-5-4-6-9-12/h4-6,8-9H,3,7,10-11H2,1-2H3,(H,18,19)(H2,16,17,20). The Hall–Kier alpha value is -1.69. The minimum atomic E-state index is -1.44. The van der Waals surface area contributed by atoms with Gasteiger partial charge in [-0.25, -0.2) is 9.59 Å². The number of carbonyl (C=O) groups excluding carboxylic acids is 1. The van der Waals surface area contributed by atoms with Crippen LogP contribution in [0.5, 0.6) is 0 Å². The topological polar surface area (TPSA) is 78.4 Å². The minimum Gasteiger partial charge on any atom is -0.479 e. The highest BCUT2D eigenvalue weighted by atomic mass is 32.2. The molecular weight excluding hydrogens is 288 g/mol. The molecule has 5 nitrogen and oxygen atoms in total. The molecule has 0 saturated heterocycles. The van der Waals surface area contributed by atoms with Crippen molar-refractivity contribution in [3.8, 4) is 0 Å². The average Bonchev–Trinajstić information content (AvgIpc) is 2.47. The molecule has 0 aliphatic carbocycles. The lowest BCUT2D eigenvalue weighted by atomic mass is 9.92. The van der Waals surface area contributed by atoms with E-state index in [0.717, 1.165) is 17.9 Å². The summed E-state index contributed by atoms with van der Waals surface area (Å²) in [5, 5.41) is 14.7. The molecule has 3 N–H and O–H groups in total. The first kappa shape index (κ1) is 17.4. The predicted octanol–water partition coefficient (Wildman–Crippen LogP) is 2.43. The molecule has 1 rings (SSSR count). The highest BCUT2D eigenvalue weighted by Gasteiger charge is 2.36. The van der Waals surface area contributed by atoms with Gasteiger partial charge in [0.1, 0.15) is 0 Å². The summed E-state index contributed by atoms with van der Waals surface area (Å²) in [6.45, 7) is 4.10. The third-order valence-corrected chi connectivity index (χ3v) is 4.08. The molecule has 21 heavy (non-hydrogen) atoms.